The highest BCUT2D eigenvalue weighted by Crippen LogP contribution is 2.50. The number of hydrogen-bond acceptors (Lipinski definition) is 4. The van der Waals surface area contributed by atoms with E-state index in [1.54, 1.807) is 5.57 Å². The molecule has 0 bridgehead atoms. The van der Waals surface area contributed by atoms with E-state index in [1.165, 1.54) is 48.5 Å². The van der Waals surface area contributed by atoms with Gasteiger partial charge in [-0.3, -0.25) is 4.90 Å². The highest BCUT2D eigenvalue weighted by molar-refractivity contribution is 14.1. The zero-order valence-corrected chi connectivity index (χ0v) is 21.5. The molecule has 182 valence electrons. The maximum Gasteiger partial charge on any atom is 0.113 e. The van der Waals surface area contributed by atoms with Gasteiger partial charge in [-0.2, -0.15) is 0 Å². The fraction of sp³-hybridized carbons (Fsp3) is 0.923. The van der Waals surface area contributed by atoms with Gasteiger partial charge in [0.25, 0.3) is 0 Å². The Kier molecular flexibility index (Phi) is 7.84. The quantitative estimate of drug-likeness (QED) is 0.282. The molecular weight excluding hydrogens is 520 g/mol. The molecule has 6 heteroatoms. The molecule has 2 heterocycles. The summed E-state index contributed by atoms with van der Waals surface area (Å²) in [6.45, 7) is 1.07. The summed E-state index contributed by atoms with van der Waals surface area (Å²) in [7, 11) is 0. The molecule has 0 radical (unpaired) electrons. The van der Waals surface area contributed by atoms with E-state index in [2.05, 4.69) is 27.5 Å². The normalized spacial score (nSPS) is 45.6. The number of ether oxygens (including phenoxy) is 1. The molecule has 1 saturated carbocycles. The van der Waals surface area contributed by atoms with Crippen LogP contribution in [-0.2, 0) is 4.74 Å². The zero-order chi connectivity index (χ0) is 22.2. The van der Waals surface area contributed by atoms with Gasteiger partial charge in [0, 0.05) is 29.9 Å². The summed E-state index contributed by atoms with van der Waals surface area (Å²) in [5.41, 5.74) is 3.05. The third-order valence-electron chi connectivity index (χ3n) is 9.36. The molecule has 2 aliphatic heterocycles. The fourth-order valence-corrected chi connectivity index (χ4v) is 8.97. The van der Waals surface area contributed by atoms with Crippen LogP contribution in [0, 0.1) is 23.7 Å². The van der Waals surface area contributed by atoms with Gasteiger partial charge in [0.05, 0.1) is 18.8 Å². The number of aliphatic hydroxyl groups excluding tert-OH is 2. The predicted octanol–water partition coefficient (Wildman–Crippen LogP) is 5.01. The Morgan fingerprint density at radius 2 is 1.84 bits per heavy atom. The van der Waals surface area contributed by atoms with E-state index in [1.807, 2.05) is 0 Å². The van der Waals surface area contributed by atoms with Crippen LogP contribution in [0.3, 0.4) is 0 Å². The Morgan fingerprint density at radius 3 is 2.66 bits per heavy atom. The molecule has 4 nitrogen and oxygen atoms in total. The number of nitrogens with zero attached hydrogens (tertiary/aromatic N) is 1. The third-order valence-corrected chi connectivity index (χ3v) is 10.5. The summed E-state index contributed by atoms with van der Waals surface area (Å²) in [6, 6.07) is 0.559. The summed E-state index contributed by atoms with van der Waals surface area (Å²) in [5, 5.41) is 20.1. The van der Waals surface area contributed by atoms with Crippen molar-refractivity contribution < 1.29 is 19.3 Å². The van der Waals surface area contributed by atoms with Crippen molar-refractivity contribution in [2.24, 2.45) is 23.7 Å². The van der Waals surface area contributed by atoms with Crippen LogP contribution >= 0.6 is 22.6 Å². The summed E-state index contributed by atoms with van der Waals surface area (Å²) >= 11 is 2.60. The predicted molar refractivity (Wildman–Crippen MR) is 132 cm³/mol. The van der Waals surface area contributed by atoms with Gasteiger partial charge in [0.1, 0.15) is 12.4 Å². The first-order chi connectivity index (χ1) is 15.6. The molecular formula is C26H41FINO3. The molecule has 5 rings (SSSR count). The number of allylic oxidation sites excluding steroid dienone is 2. The lowest BCUT2D eigenvalue weighted by Crippen LogP contribution is -2.51. The second kappa shape index (κ2) is 10.5. The first-order valence-corrected chi connectivity index (χ1v) is 14.7. The maximum absolute atomic E-state index is 13.9. The second-order valence-corrected chi connectivity index (χ2v) is 12.2. The second-order valence-electron chi connectivity index (χ2n) is 11.4. The number of rotatable bonds is 5. The molecule has 5 aliphatic rings. The Hall–Kier alpha value is 0.240. The van der Waals surface area contributed by atoms with Crippen molar-refractivity contribution in [3.05, 3.63) is 11.1 Å². The van der Waals surface area contributed by atoms with Gasteiger partial charge >= 0.3 is 0 Å². The van der Waals surface area contributed by atoms with E-state index in [0.717, 1.165) is 43.6 Å². The van der Waals surface area contributed by atoms with Crippen molar-refractivity contribution in [3.63, 3.8) is 0 Å². The van der Waals surface area contributed by atoms with Crippen molar-refractivity contribution in [2.75, 3.05) is 17.6 Å². The molecule has 0 aromatic rings. The van der Waals surface area contributed by atoms with Gasteiger partial charge in [-0.15, -0.1) is 0 Å². The molecule has 0 amide bonds. The standard InChI is InChI=1S/C26H41FINO3/c27-21-7-6-17-8-16(4-5-18(17)10-21)9-20-14-29(24-3-1-2-19(13-28)26(20)24)25-12-22(31)11-23(15-30)32-25/h16,19-26,30-31H,1-15H2/t16?,19-,20?,21-,22-,23-,24?,25+,26?/m0/s1. The van der Waals surface area contributed by atoms with E-state index in [4.69, 9.17) is 4.74 Å². The minimum Gasteiger partial charge on any atom is -0.394 e. The van der Waals surface area contributed by atoms with Crippen LogP contribution in [0.2, 0.25) is 0 Å². The lowest BCUT2D eigenvalue weighted by molar-refractivity contribution is -0.175. The summed E-state index contributed by atoms with van der Waals surface area (Å²) in [6.07, 6.45) is 11.1. The third kappa shape index (κ3) is 4.95. The van der Waals surface area contributed by atoms with E-state index < -0.39 is 6.17 Å². The summed E-state index contributed by atoms with van der Waals surface area (Å²) in [5.74, 6) is 2.95. The van der Waals surface area contributed by atoms with Crippen molar-refractivity contribution in [2.45, 2.75) is 108 Å². The van der Waals surface area contributed by atoms with E-state index in [9.17, 15) is 14.6 Å². The fourth-order valence-electron chi connectivity index (χ4n) is 7.95. The molecule has 3 aliphatic carbocycles. The molecule has 2 N–H and O–H groups in total. The average Bonchev–Trinajstić information content (AvgIpc) is 3.17. The van der Waals surface area contributed by atoms with Gasteiger partial charge in [0.15, 0.2) is 0 Å². The lowest BCUT2D eigenvalue weighted by Gasteiger charge is -2.43. The van der Waals surface area contributed by atoms with Crippen molar-refractivity contribution in [1.29, 1.82) is 0 Å². The number of alkyl halides is 2. The highest BCUT2D eigenvalue weighted by atomic mass is 127. The minimum absolute atomic E-state index is 0.00540. The van der Waals surface area contributed by atoms with E-state index in [0.29, 0.717) is 31.2 Å². The number of halogens is 2. The first kappa shape index (κ1) is 24.0. The number of fused-ring (bicyclic) bond motifs is 1. The van der Waals surface area contributed by atoms with E-state index >= 15 is 0 Å². The van der Waals surface area contributed by atoms with Crippen LogP contribution in [0.25, 0.3) is 0 Å². The average molecular weight is 562 g/mol. The van der Waals surface area contributed by atoms with Crippen molar-refractivity contribution in [1.82, 2.24) is 4.90 Å². The maximum atomic E-state index is 13.9. The topological polar surface area (TPSA) is 52.9 Å². The molecule has 2 saturated heterocycles. The van der Waals surface area contributed by atoms with Gasteiger partial charge in [0.2, 0.25) is 0 Å². The van der Waals surface area contributed by atoms with Crippen LogP contribution in [0.15, 0.2) is 11.1 Å². The molecule has 3 fully saturated rings. The van der Waals surface area contributed by atoms with Gasteiger partial charge in [-0.25, -0.2) is 4.39 Å². The van der Waals surface area contributed by atoms with Crippen LogP contribution in [0.1, 0.15) is 77.0 Å². The Balaban J connectivity index is 1.30. The highest BCUT2D eigenvalue weighted by Gasteiger charge is 2.50. The van der Waals surface area contributed by atoms with Crippen molar-refractivity contribution >= 4 is 22.6 Å². The van der Waals surface area contributed by atoms with Crippen LogP contribution in [-0.4, -0.2) is 63.3 Å². The summed E-state index contributed by atoms with van der Waals surface area (Å²) < 4.78 is 21.4. The van der Waals surface area contributed by atoms with Crippen LogP contribution in [0.5, 0.6) is 0 Å². The van der Waals surface area contributed by atoms with Gasteiger partial charge in [-0.05, 0) is 81.5 Å². The monoisotopic (exact) mass is 561 g/mol. The van der Waals surface area contributed by atoms with Crippen LogP contribution in [0.4, 0.5) is 4.39 Å². The Labute approximate surface area is 206 Å². The van der Waals surface area contributed by atoms with Gasteiger partial charge < -0.3 is 14.9 Å². The molecule has 9 atom stereocenters. The zero-order valence-electron chi connectivity index (χ0n) is 19.3. The Bertz CT molecular complexity index is 690. The SMILES string of the molecule is OC[C@@H]1C[C@H](O)C[C@H](N2CC(CC3CCC4=C(CC[C@H](F)C4)C3)C3C2CCC[C@H]3CI)O1. The van der Waals surface area contributed by atoms with E-state index in [-0.39, 0.29) is 25.0 Å². The molecule has 32 heavy (non-hydrogen) atoms. The minimum atomic E-state index is -0.602. The molecule has 0 spiro atoms. The van der Waals surface area contributed by atoms with Crippen LogP contribution < -0.4 is 0 Å². The Morgan fingerprint density at radius 1 is 1.03 bits per heavy atom. The van der Waals surface area contributed by atoms with Crippen molar-refractivity contribution in [3.8, 4) is 0 Å². The summed E-state index contributed by atoms with van der Waals surface area (Å²) in [4.78, 5) is 2.60. The first-order valence-electron chi connectivity index (χ1n) is 13.2. The number of aliphatic hydroxyl groups is 2. The molecule has 4 unspecified atom stereocenters. The number of likely N-dealkylation sites (tertiary alicyclic amines) is 1. The largest absolute Gasteiger partial charge is 0.394 e. The number of hydrogen-bond donors (Lipinski definition) is 2. The smallest absolute Gasteiger partial charge is 0.113 e. The lowest BCUT2D eigenvalue weighted by atomic mass is 9.68. The van der Waals surface area contributed by atoms with Gasteiger partial charge in [-0.1, -0.05) is 40.2 Å². The molecule has 0 aromatic heterocycles. The molecule has 0 aromatic carbocycles.